The van der Waals surface area contributed by atoms with Gasteiger partial charge in [0.05, 0.1) is 15.5 Å². The number of hydrogen-bond donors (Lipinski definition) is 0. The van der Waals surface area contributed by atoms with E-state index in [0.717, 1.165) is 17.2 Å². The molecule has 1 aromatic carbocycles. The Bertz CT molecular complexity index is 716. The second kappa shape index (κ2) is 7.63. The van der Waals surface area contributed by atoms with Gasteiger partial charge in [-0.25, -0.2) is 5.06 Å². The van der Waals surface area contributed by atoms with Crippen molar-refractivity contribution < 1.29 is 22.5 Å². The summed E-state index contributed by atoms with van der Waals surface area (Å²) in [6.07, 6.45) is 1.28. The van der Waals surface area contributed by atoms with Gasteiger partial charge in [-0.1, -0.05) is 0 Å². The molecule has 1 aromatic rings. The second-order valence-electron chi connectivity index (χ2n) is 4.59. The fraction of sp³-hybridized carbons (Fsp3) is 0.455. The van der Waals surface area contributed by atoms with Crippen LogP contribution in [0, 0.1) is 20.2 Å². The SMILES string of the molecule is CCN(OS(=O)(=O)SC)c1cc([N+](=O)[O-])c(N(C)C)c([N+](=O)[O-])c1. The standard InChI is InChI=1S/C11H16N4O7S2/c1-5-13(22-24(20,21)23-4)8-6-9(14(16)17)11(12(2)3)10(7-8)15(18)19/h6-7H,5H2,1-4H3. The van der Waals surface area contributed by atoms with Crippen molar-refractivity contribution >= 4 is 42.7 Å². The molecule has 0 saturated carbocycles. The largest absolute Gasteiger partial charge is 0.366 e. The Hall–Kier alpha value is -2.12. The molecule has 0 unspecified atom stereocenters. The first-order valence-electron chi connectivity index (χ1n) is 6.45. The molecule has 1 rings (SSSR count). The minimum absolute atomic E-state index is 0.00455. The van der Waals surface area contributed by atoms with E-state index >= 15 is 0 Å². The van der Waals surface area contributed by atoms with Crippen molar-refractivity contribution in [2.75, 3.05) is 36.9 Å². The van der Waals surface area contributed by atoms with Gasteiger partial charge in [-0.2, -0.15) is 8.42 Å². The minimum Gasteiger partial charge on any atom is -0.366 e. The van der Waals surface area contributed by atoms with Crippen LogP contribution in [0.5, 0.6) is 0 Å². The zero-order valence-corrected chi connectivity index (χ0v) is 15.0. The fourth-order valence-corrected chi connectivity index (χ4v) is 2.76. The van der Waals surface area contributed by atoms with Crippen LogP contribution >= 0.6 is 10.8 Å². The van der Waals surface area contributed by atoms with Crippen LogP contribution in [-0.2, 0) is 13.4 Å². The predicted molar refractivity (Wildman–Crippen MR) is 90.6 cm³/mol. The second-order valence-corrected chi connectivity index (χ2v) is 8.11. The normalized spacial score (nSPS) is 11.2. The molecule has 0 aliphatic carbocycles. The Morgan fingerprint density at radius 2 is 1.62 bits per heavy atom. The first-order chi connectivity index (χ1) is 11.0. The number of nitro benzene ring substituents is 2. The van der Waals surface area contributed by atoms with E-state index in [1.54, 1.807) is 0 Å². The summed E-state index contributed by atoms with van der Waals surface area (Å²) in [5, 5.41) is 23.4. The summed E-state index contributed by atoms with van der Waals surface area (Å²) >= 11 is 0. The molecular formula is C11H16N4O7S2. The van der Waals surface area contributed by atoms with Crippen LogP contribution in [0.1, 0.15) is 6.92 Å². The van der Waals surface area contributed by atoms with Crippen LogP contribution in [-0.4, -0.2) is 45.2 Å². The topological polar surface area (TPSA) is 136 Å². The van der Waals surface area contributed by atoms with Gasteiger partial charge in [0, 0.05) is 32.8 Å². The summed E-state index contributed by atoms with van der Waals surface area (Å²) in [7, 11) is -0.689. The van der Waals surface area contributed by atoms with Gasteiger partial charge in [-0.3, -0.25) is 20.2 Å². The van der Waals surface area contributed by atoms with Crippen molar-refractivity contribution in [3.05, 3.63) is 32.4 Å². The lowest BCUT2D eigenvalue weighted by atomic mass is 10.2. The van der Waals surface area contributed by atoms with Gasteiger partial charge in [0.2, 0.25) is 0 Å². The number of benzene rings is 1. The number of nitrogens with zero attached hydrogens (tertiary/aromatic N) is 4. The van der Waals surface area contributed by atoms with Crippen molar-refractivity contribution in [2.24, 2.45) is 0 Å². The molecule has 0 saturated heterocycles. The molecule has 11 nitrogen and oxygen atoms in total. The lowest BCUT2D eigenvalue weighted by molar-refractivity contribution is -0.392. The average Bonchev–Trinajstić information content (AvgIpc) is 2.50. The summed E-state index contributed by atoms with van der Waals surface area (Å²) in [6, 6.07) is 2.06. The molecule has 0 bridgehead atoms. The number of rotatable bonds is 8. The van der Waals surface area contributed by atoms with Gasteiger partial charge in [-0.15, -0.1) is 4.28 Å². The highest BCUT2D eigenvalue weighted by atomic mass is 33.1. The first-order valence-corrected chi connectivity index (χ1v) is 9.60. The minimum atomic E-state index is -3.98. The van der Waals surface area contributed by atoms with Gasteiger partial charge in [-0.05, 0) is 24.0 Å². The van der Waals surface area contributed by atoms with Crippen molar-refractivity contribution in [1.82, 2.24) is 0 Å². The van der Waals surface area contributed by atoms with Crippen LogP contribution in [0.3, 0.4) is 0 Å². The molecule has 0 heterocycles. The molecule has 0 radical (unpaired) electrons. The van der Waals surface area contributed by atoms with Gasteiger partial charge in [0.15, 0.2) is 5.69 Å². The number of nitro groups is 2. The summed E-state index contributed by atoms with van der Waals surface area (Å²) < 4.78 is 28.0. The van der Waals surface area contributed by atoms with Gasteiger partial charge < -0.3 is 4.90 Å². The molecule has 0 aromatic heterocycles. The zero-order chi connectivity index (χ0) is 18.7. The molecule has 134 valence electrons. The van der Waals surface area contributed by atoms with Crippen molar-refractivity contribution in [1.29, 1.82) is 0 Å². The third-order valence-corrected chi connectivity index (χ3v) is 5.03. The molecule has 0 spiro atoms. The van der Waals surface area contributed by atoms with Crippen LogP contribution in [0.15, 0.2) is 12.1 Å². The highest BCUT2D eigenvalue weighted by Gasteiger charge is 2.30. The number of anilines is 2. The van der Waals surface area contributed by atoms with Crippen molar-refractivity contribution in [3.63, 3.8) is 0 Å². The summed E-state index contributed by atoms with van der Waals surface area (Å²) in [5.74, 6) is 0. The summed E-state index contributed by atoms with van der Waals surface area (Å²) in [5.41, 5.74) is -1.38. The van der Waals surface area contributed by atoms with E-state index in [0.29, 0.717) is 10.8 Å². The van der Waals surface area contributed by atoms with Gasteiger partial charge in [0.1, 0.15) is 0 Å². The third-order valence-electron chi connectivity index (χ3n) is 2.86. The zero-order valence-electron chi connectivity index (χ0n) is 13.3. The van der Waals surface area contributed by atoms with Gasteiger partial charge >= 0.3 is 20.5 Å². The molecule has 0 aliphatic rings. The Labute approximate surface area is 142 Å². The predicted octanol–water partition coefficient (Wildman–Crippen LogP) is 1.93. The van der Waals surface area contributed by atoms with Crippen LogP contribution in [0.25, 0.3) is 0 Å². The lowest BCUT2D eigenvalue weighted by Crippen LogP contribution is -2.26. The van der Waals surface area contributed by atoms with Crippen LogP contribution in [0.2, 0.25) is 0 Å². The Balaban J connectivity index is 3.60. The number of hydroxylamine groups is 1. The maximum Gasteiger partial charge on any atom is 0.342 e. The maximum atomic E-state index is 11.6. The van der Waals surface area contributed by atoms with E-state index in [-0.39, 0.29) is 17.9 Å². The third kappa shape index (κ3) is 4.46. The quantitative estimate of drug-likeness (QED) is 0.374. The molecule has 0 N–H and O–H groups in total. The summed E-state index contributed by atoms with van der Waals surface area (Å²) in [6.45, 7) is 1.53. The van der Waals surface area contributed by atoms with Crippen molar-refractivity contribution in [3.8, 4) is 0 Å². The maximum absolute atomic E-state index is 11.6. The highest BCUT2D eigenvalue weighted by Crippen LogP contribution is 2.40. The Morgan fingerprint density at radius 3 is 1.92 bits per heavy atom. The molecule has 24 heavy (non-hydrogen) atoms. The Kier molecular flexibility index (Phi) is 6.34. The monoisotopic (exact) mass is 380 g/mol. The Morgan fingerprint density at radius 1 is 1.17 bits per heavy atom. The summed E-state index contributed by atoms with van der Waals surface area (Å²) in [4.78, 5) is 22.3. The van der Waals surface area contributed by atoms with E-state index in [2.05, 4.69) is 0 Å². The van der Waals surface area contributed by atoms with E-state index < -0.39 is 30.4 Å². The van der Waals surface area contributed by atoms with Crippen LogP contribution < -0.4 is 9.96 Å². The lowest BCUT2D eigenvalue weighted by Gasteiger charge is -2.21. The first kappa shape index (κ1) is 19.9. The van der Waals surface area contributed by atoms with Gasteiger partial charge in [0.25, 0.3) is 0 Å². The molecule has 0 amide bonds. The molecular weight excluding hydrogens is 364 g/mol. The van der Waals surface area contributed by atoms with Crippen molar-refractivity contribution in [2.45, 2.75) is 6.92 Å². The van der Waals surface area contributed by atoms with E-state index in [1.807, 2.05) is 0 Å². The molecule has 0 aliphatic heterocycles. The molecule has 0 atom stereocenters. The molecule has 0 fully saturated rings. The average molecular weight is 380 g/mol. The van der Waals surface area contributed by atoms with E-state index in [4.69, 9.17) is 4.28 Å². The fourth-order valence-electron chi connectivity index (χ4n) is 1.89. The highest BCUT2D eigenvalue weighted by molar-refractivity contribution is 8.70. The van der Waals surface area contributed by atoms with E-state index in [9.17, 15) is 28.6 Å². The molecule has 13 heteroatoms. The van der Waals surface area contributed by atoms with E-state index in [1.165, 1.54) is 32.2 Å². The number of hydrogen-bond acceptors (Lipinski definition) is 10. The van der Waals surface area contributed by atoms with Crippen LogP contribution in [0.4, 0.5) is 22.7 Å². The smallest absolute Gasteiger partial charge is 0.342 e.